The number of carbonyl (C=O) groups excluding carboxylic acids is 2. The highest BCUT2D eigenvalue weighted by molar-refractivity contribution is 7.98. The van der Waals surface area contributed by atoms with Crippen molar-refractivity contribution in [3.8, 4) is 5.75 Å². The highest BCUT2D eigenvalue weighted by Crippen LogP contribution is 2.22. The molecule has 0 fully saturated rings. The smallest absolute Gasteiger partial charge is 0.408 e. The number of benzene rings is 4. The van der Waals surface area contributed by atoms with Crippen molar-refractivity contribution in [3.05, 3.63) is 138 Å². The fourth-order valence-electron chi connectivity index (χ4n) is 4.30. The second-order valence-corrected chi connectivity index (χ2v) is 11.0. The number of carboxylic acid groups (broad SMARTS) is 1. The minimum absolute atomic E-state index is 0.00384. The van der Waals surface area contributed by atoms with E-state index in [4.69, 9.17) is 15.2 Å². The number of hydrogen-bond donors (Lipinski definition) is 3. The number of hydrogen-bond acceptors (Lipinski definition) is 7. The predicted molar refractivity (Wildman–Crippen MR) is 167 cm³/mol. The number of amides is 1. The number of carbonyl (C=O) groups is 3. The van der Waals surface area contributed by atoms with Crippen molar-refractivity contribution in [1.82, 2.24) is 5.32 Å². The Morgan fingerprint density at radius 3 is 1.84 bits per heavy atom. The van der Waals surface area contributed by atoms with Crippen molar-refractivity contribution in [2.75, 3.05) is 5.75 Å². The van der Waals surface area contributed by atoms with Crippen LogP contribution < -0.4 is 15.8 Å². The standard InChI is InChI=1S/C34H34N2O6S/c35-34(32(38)39,20-25-16-18-29(19-17-25)41-21-26-10-4-1-5-11-26)31(37)30(24-43-23-28-14-8-3-9-15-28)36-33(40)42-22-27-12-6-2-7-13-27/h1-19,30H,20-24,35H2,(H,36,40)(H,38,39)/t30-,34+/m0/s1. The summed E-state index contributed by atoms with van der Waals surface area (Å²) in [7, 11) is 0. The lowest BCUT2D eigenvalue weighted by molar-refractivity contribution is -0.148. The van der Waals surface area contributed by atoms with Crippen LogP contribution in [0.15, 0.2) is 115 Å². The van der Waals surface area contributed by atoms with Crippen LogP contribution in [0, 0.1) is 0 Å². The second-order valence-electron chi connectivity index (χ2n) is 10.00. The minimum Gasteiger partial charge on any atom is -0.489 e. The van der Waals surface area contributed by atoms with E-state index in [9.17, 15) is 19.5 Å². The summed E-state index contributed by atoms with van der Waals surface area (Å²) in [6.07, 6.45) is -1.11. The number of aliphatic carboxylic acids is 1. The fourth-order valence-corrected chi connectivity index (χ4v) is 5.32. The second kappa shape index (κ2) is 15.6. The first-order valence-electron chi connectivity index (χ1n) is 13.7. The van der Waals surface area contributed by atoms with Gasteiger partial charge in [-0.2, -0.15) is 11.8 Å². The molecule has 0 saturated carbocycles. The molecule has 0 aliphatic rings. The molecule has 8 nitrogen and oxygen atoms in total. The molecule has 222 valence electrons. The third-order valence-electron chi connectivity index (χ3n) is 6.69. The summed E-state index contributed by atoms with van der Waals surface area (Å²) in [6.45, 7) is 0.374. The van der Waals surface area contributed by atoms with Crippen LogP contribution in [-0.2, 0) is 39.7 Å². The molecule has 4 aromatic rings. The predicted octanol–water partition coefficient (Wildman–Crippen LogP) is 5.39. The minimum atomic E-state index is -2.29. The molecule has 0 aromatic heterocycles. The molecule has 0 saturated heterocycles. The van der Waals surface area contributed by atoms with Crippen molar-refractivity contribution in [1.29, 1.82) is 0 Å². The van der Waals surface area contributed by atoms with Crippen LogP contribution in [0.2, 0.25) is 0 Å². The highest BCUT2D eigenvalue weighted by atomic mass is 32.2. The number of nitrogens with one attached hydrogen (secondary N) is 1. The van der Waals surface area contributed by atoms with Crippen LogP contribution in [-0.4, -0.2) is 40.3 Å². The van der Waals surface area contributed by atoms with E-state index in [0.29, 0.717) is 23.7 Å². The maximum Gasteiger partial charge on any atom is 0.408 e. The van der Waals surface area contributed by atoms with E-state index >= 15 is 0 Å². The molecule has 0 aliphatic carbocycles. The van der Waals surface area contributed by atoms with E-state index in [1.54, 1.807) is 36.4 Å². The summed E-state index contributed by atoms with van der Waals surface area (Å²) in [5.41, 5.74) is 7.38. The first-order valence-corrected chi connectivity index (χ1v) is 14.9. The molecule has 4 aromatic carbocycles. The molecule has 43 heavy (non-hydrogen) atoms. The topological polar surface area (TPSA) is 128 Å². The molecular weight excluding hydrogens is 564 g/mol. The SMILES string of the molecule is N[C@@](Cc1ccc(OCc2ccccc2)cc1)(C(=O)O)C(=O)[C@H](CSCc1ccccc1)NC(=O)OCc1ccccc1. The van der Waals surface area contributed by atoms with Crippen LogP contribution >= 0.6 is 11.8 Å². The zero-order chi connectivity index (χ0) is 30.5. The Kier molecular flexibility index (Phi) is 11.4. The number of carboxylic acids is 1. The number of thioether (sulfide) groups is 1. The normalized spacial score (nSPS) is 12.9. The van der Waals surface area contributed by atoms with Crippen molar-refractivity contribution in [2.45, 2.75) is 37.0 Å². The molecule has 2 atom stereocenters. The first-order chi connectivity index (χ1) is 20.8. The van der Waals surface area contributed by atoms with Gasteiger partial charge in [0, 0.05) is 17.9 Å². The number of nitrogens with two attached hydrogens (primary N) is 1. The Morgan fingerprint density at radius 1 is 0.744 bits per heavy atom. The monoisotopic (exact) mass is 598 g/mol. The lowest BCUT2D eigenvalue weighted by Crippen LogP contribution is -2.63. The lowest BCUT2D eigenvalue weighted by atomic mass is 9.84. The number of Topliss-reactive ketones (excluding diaryl/α,β-unsaturated/α-hetero) is 1. The van der Waals surface area contributed by atoms with Crippen LogP contribution in [0.1, 0.15) is 22.3 Å². The zero-order valence-corrected chi connectivity index (χ0v) is 24.4. The number of ether oxygens (including phenoxy) is 2. The van der Waals surface area contributed by atoms with Crippen molar-refractivity contribution in [3.63, 3.8) is 0 Å². The molecule has 0 bridgehead atoms. The van der Waals surface area contributed by atoms with E-state index in [0.717, 1.165) is 16.7 Å². The molecule has 0 spiro atoms. The van der Waals surface area contributed by atoms with Crippen molar-refractivity contribution < 1.29 is 29.0 Å². The third-order valence-corrected chi connectivity index (χ3v) is 7.80. The Hall–Kier alpha value is -4.60. The quantitative estimate of drug-likeness (QED) is 0.156. The molecule has 9 heteroatoms. The molecular formula is C34H34N2O6S. The van der Waals surface area contributed by atoms with Crippen LogP contribution in [0.25, 0.3) is 0 Å². The molecule has 0 aliphatic heterocycles. The van der Waals surface area contributed by atoms with E-state index < -0.39 is 29.4 Å². The average molecular weight is 599 g/mol. The zero-order valence-electron chi connectivity index (χ0n) is 23.6. The molecule has 4 N–H and O–H groups in total. The van der Waals surface area contributed by atoms with Gasteiger partial charge in [0.2, 0.25) is 0 Å². The van der Waals surface area contributed by atoms with E-state index in [-0.39, 0.29) is 18.8 Å². The Morgan fingerprint density at radius 2 is 1.28 bits per heavy atom. The molecule has 1 amide bonds. The molecule has 0 unspecified atom stereocenters. The van der Waals surface area contributed by atoms with Crippen LogP contribution in [0.5, 0.6) is 5.75 Å². The van der Waals surface area contributed by atoms with Crippen molar-refractivity contribution in [2.24, 2.45) is 5.73 Å². The van der Waals surface area contributed by atoms with Gasteiger partial charge in [-0.3, -0.25) is 4.79 Å². The fraction of sp³-hybridized carbons (Fsp3) is 0.206. The van der Waals surface area contributed by atoms with Crippen LogP contribution in [0.3, 0.4) is 0 Å². The van der Waals surface area contributed by atoms with Gasteiger partial charge in [-0.1, -0.05) is 103 Å². The number of alkyl carbamates (subject to hydrolysis) is 1. The number of rotatable bonds is 15. The van der Waals surface area contributed by atoms with E-state index in [1.165, 1.54) is 11.8 Å². The average Bonchev–Trinajstić information content (AvgIpc) is 3.04. The van der Waals surface area contributed by atoms with E-state index in [1.807, 2.05) is 78.9 Å². The Bertz CT molecular complexity index is 1470. The van der Waals surface area contributed by atoms with Gasteiger partial charge in [0.05, 0.1) is 0 Å². The van der Waals surface area contributed by atoms with Gasteiger partial charge in [-0.15, -0.1) is 0 Å². The van der Waals surface area contributed by atoms with Crippen LogP contribution in [0.4, 0.5) is 4.79 Å². The van der Waals surface area contributed by atoms with Crippen molar-refractivity contribution >= 4 is 29.6 Å². The summed E-state index contributed by atoms with van der Waals surface area (Å²) in [5, 5.41) is 12.7. The first kappa shape index (κ1) is 31.3. The van der Waals surface area contributed by atoms with Gasteiger partial charge >= 0.3 is 12.1 Å². The van der Waals surface area contributed by atoms with Gasteiger partial charge in [0.1, 0.15) is 25.0 Å². The number of ketones is 1. The summed E-state index contributed by atoms with van der Waals surface area (Å²) < 4.78 is 11.1. The molecule has 4 rings (SSSR count). The maximum atomic E-state index is 13.8. The molecule has 0 radical (unpaired) electrons. The molecule has 0 heterocycles. The van der Waals surface area contributed by atoms with Gasteiger partial charge in [0.15, 0.2) is 11.3 Å². The maximum absolute atomic E-state index is 13.8. The van der Waals surface area contributed by atoms with Gasteiger partial charge in [-0.25, -0.2) is 9.59 Å². The highest BCUT2D eigenvalue weighted by Gasteiger charge is 2.46. The summed E-state index contributed by atoms with van der Waals surface area (Å²) in [6, 6.07) is 34.0. The lowest BCUT2D eigenvalue weighted by Gasteiger charge is -2.28. The van der Waals surface area contributed by atoms with E-state index in [2.05, 4.69) is 5.32 Å². The Balaban J connectivity index is 1.44. The summed E-state index contributed by atoms with van der Waals surface area (Å²) in [5.74, 6) is -1.05. The van der Waals surface area contributed by atoms with Gasteiger partial charge in [-0.05, 0) is 34.4 Å². The van der Waals surface area contributed by atoms with Gasteiger partial charge in [0.25, 0.3) is 0 Å². The third kappa shape index (κ3) is 9.46. The Labute approximate surface area is 255 Å². The largest absolute Gasteiger partial charge is 0.489 e. The summed E-state index contributed by atoms with van der Waals surface area (Å²) >= 11 is 1.38. The van der Waals surface area contributed by atoms with Gasteiger partial charge < -0.3 is 25.6 Å². The summed E-state index contributed by atoms with van der Waals surface area (Å²) in [4.78, 5) is 39.0.